The molecule has 0 bridgehead atoms. The summed E-state index contributed by atoms with van der Waals surface area (Å²) in [6.07, 6.45) is 1.53. The second-order valence-electron chi connectivity index (χ2n) is 6.46. The Morgan fingerprint density at radius 1 is 1.15 bits per heavy atom. The van der Waals surface area contributed by atoms with Crippen LogP contribution in [0.15, 0.2) is 40.9 Å². The van der Waals surface area contributed by atoms with Gasteiger partial charge < -0.3 is 5.32 Å². The maximum Gasteiger partial charge on any atom is 0.232 e. The number of sulfonamides is 1. The molecule has 5 nitrogen and oxygen atoms in total. The van der Waals surface area contributed by atoms with Crippen LogP contribution in [0.1, 0.15) is 24.0 Å². The molecule has 2 aromatic rings. The van der Waals surface area contributed by atoms with Crippen LogP contribution in [0, 0.1) is 19.7 Å². The number of carbonyl (C=O) groups excluding carboxylic acids is 1. The van der Waals surface area contributed by atoms with E-state index in [-0.39, 0.29) is 24.6 Å². The van der Waals surface area contributed by atoms with Crippen molar-refractivity contribution in [3.63, 3.8) is 0 Å². The Morgan fingerprint density at radius 3 is 2.33 bits per heavy atom. The number of hydrogen-bond donors (Lipinski definition) is 1. The van der Waals surface area contributed by atoms with E-state index in [2.05, 4.69) is 21.2 Å². The Balaban J connectivity index is 2.02. The lowest BCUT2D eigenvalue weighted by molar-refractivity contribution is -0.116. The van der Waals surface area contributed by atoms with E-state index in [4.69, 9.17) is 0 Å². The molecule has 0 atom stereocenters. The predicted octanol–water partition coefficient (Wildman–Crippen LogP) is 4.39. The van der Waals surface area contributed by atoms with Crippen LogP contribution >= 0.6 is 15.9 Å². The van der Waals surface area contributed by atoms with Crippen LogP contribution in [0.5, 0.6) is 0 Å². The van der Waals surface area contributed by atoms with Crippen LogP contribution in [0.25, 0.3) is 0 Å². The lowest BCUT2D eigenvalue weighted by atomic mass is 10.1. The highest BCUT2D eigenvalue weighted by molar-refractivity contribution is 9.10. The lowest BCUT2D eigenvalue weighted by Gasteiger charge is -2.23. The normalized spacial score (nSPS) is 11.3. The zero-order chi connectivity index (χ0) is 20.2. The Labute approximate surface area is 167 Å². The van der Waals surface area contributed by atoms with E-state index >= 15 is 0 Å². The first-order chi connectivity index (χ1) is 12.6. The third-order valence-corrected chi connectivity index (χ3v) is 5.55. The monoisotopic (exact) mass is 456 g/mol. The van der Waals surface area contributed by atoms with Gasteiger partial charge in [0.1, 0.15) is 5.82 Å². The van der Waals surface area contributed by atoms with Gasteiger partial charge in [-0.1, -0.05) is 22.0 Å². The largest absolute Gasteiger partial charge is 0.324 e. The number of anilines is 2. The van der Waals surface area contributed by atoms with Gasteiger partial charge in [0.05, 0.1) is 17.6 Å². The number of aryl methyl sites for hydroxylation is 2. The molecule has 0 saturated carbocycles. The molecular weight excluding hydrogens is 435 g/mol. The second kappa shape index (κ2) is 8.84. The van der Waals surface area contributed by atoms with Crippen molar-refractivity contribution in [1.82, 2.24) is 0 Å². The maximum absolute atomic E-state index is 13.8. The molecule has 0 aliphatic carbocycles. The molecule has 0 fully saturated rings. The highest BCUT2D eigenvalue weighted by Gasteiger charge is 2.18. The molecule has 8 heteroatoms. The fraction of sp³-hybridized carbons (Fsp3) is 0.316. The second-order valence-corrected chi connectivity index (χ2v) is 9.28. The molecule has 0 radical (unpaired) electrons. The lowest BCUT2D eigenvalue weighted by Crippen LogP contribution is -2.31. The van der Waals surface area contributed by atoms with Crippen LogP contribution in [0.2, 0.25) is 0 Å². The topological polar surface area (TPSA) is 66.5 Å². The maximum atomic E-state index is 13.8. The van der Waals surface area contributed by atoms with Crippen LogP contribution in [0.3, 0.4) is 0 Å². The van der Waals surface area contributed by atoms with Gasteiger partial charge in [0.15, 0.2) is 0 Å². The quantitative estimate of drug-likeness (QED) is 0.671. The molecule has 0 unspecified atom stereocenters. The molecule has 0 spiro atoms. The summed E-state index contributed by atoms with van der Waals surface area (Å²) >= 11 is 3.16. The summed E-state index contributed by atoms with van der Waals surface area (Å²) in [6, 6.07) is 9.92. The highest BCUT2D eigenvalue weighted by atomic mass is 79.9. The first-order valence-corrected chi connectivity index (χ1v) is 11.0. The number of nitrogens with zero attached hydrogens (tertiary/aromatic N) is 1. The summed E-state index contributed by atoms with van der Waals surface area (Å²) < 4.78 is 40.0. The number of benzene rings is 2. The van der Waals surface area contributed by atoms with Gasteiger partial charge in [-0.25, -0.2) is 12.8 Å². The average Bonchev–Trinajstić information content (AvgIpc) is 2.52. The zero-order valence-corrected chi connectivity index (χ0v) is 17.8. The van der Waals surface area contributed by atoms with E-state index in [0.29, 0.717) is 16.6 Å². The van der Waals surface area contributed by atoms with E-state index in [1.807, 2.05) is 19.9 Å². The number of hydrogen-bond acceptors (Lipinski definition) is 3. The molecule has 0 heterocycles. The standard InChI is InChI=1S/C19H22BrFN2O3S/c1-13-9-14(2)11-16(10-13)23(27(3,25)26)8-4-5-19(24)22-18-7-6-15(20)12-17(18)21/h6-7,9-12H,4-5,8H2,1-3H3,(H,22,24). The molecule has 0 aliphatic heterocycles. The first-order valence-electron chi connectivity index (χ1n) is 8.37. The third-order valence-electron chi connectivity index (χ3n) is 3.87. The average molecular weight is 457 g/mol. The molecule has 0 aliphatic rings. The molecule has 2 rings (SSSR count). The zero-order valence-electron chi connectivity index (χ0n) is 15.4. The van der Waals surface area contributed by atoms with Crippen molar-refractivity contribution in [2.24, 2.45) is 0 Å². The summed E-state index contributed by atoms with van der Waals surface area (Å²) in [5, 5.41) is 2.51. The van der Waals surface area contributed by atoms with Gasteiger partial charge in [-0.15, -0.1) is 0 Å². The van der Waals surface area contributed by atoms with E-state index in [9.17, 15) is 17.6 Å². The highest BCUT2D eigenvalue weighted by Crippen LogP contribution is 2.22. The van der Waals surface area contributed by atoms with E-state index in [0.717, 1.165) is 17.4 Å². The van der Waals surface area contributed by atoms with Crippen molar-refractivity contribution >= 4 is 43.2 Å². The van der Waals surface area contributed by atoms with Gasteiger partial charge in [0, 0.05) is 17.4 Å². The molecule has 0 aromatic heterocycles. The smallest absolute Gasteiger partial charge is 0.232 e. The van der Waals surface area contributed by atoms with E-state index in [1.54, 1.807) is 18.2 Å². The summed E-state index contributed by atoms with van der Waals surface area (Å²) in [5.41, 5.74) is 2.59. The minimum Gasteiger partial charge on any atom is -0.324 e. The molecular formula is C19H22BrFN2O3S. The van der Waals surface area contributed by atoms with Crippen molar-refractivity contribution in [1.29, 1.82) is 0 Å². The Hall–Kier alpha value is -1.93. The van der Waals surface area contributed by atoms with Crippen molar-refractivity contribution in [3.8, 4) is 0 Å². The number of halogens is 2. The summed E-state index contributed by atoms with van der Waals surface area (Å²) in [6.45, 7) is 3.96. The van der Waals surface area contributed by atoms with E-state index < -0.39 is 15.8 Å². The molecule has 27 heavy (non-hydrogen) atoms. The van der Waals surface area contributed by atoms with Crippen molar-refractivity contribution in [2.45, 2.75) is 26.7 Å². The summed E-state index contributed by atoms with van der Waals surface area (Å²) in [5.74, 6) is -0.907. The van der Waals surface area contributed by atoms with Gasteiger partial charge >= 0.3 is 0 Å². The van der Waals surface area contributed by atoms with Crippen molar-refractivity contribution < 1.29 is 17.6 Å². The summed E-state index contributed by atoms with van der Waals surface area (Å²) in [4.78, 5) is 12.1. The fourth-order valence-corrected chi connectivity index (χ4v) is 4.05. The van der Waals surface area contributed by atoms with Gasteiger partial charge in [-0.2, -0.15) is 0 Å². The number of amides is 1. The Bertz CT molecular complexity index is 928. The van der Waals surface area contributed by atoms with Crippen molar-refractivity contribution in [2.75, 3.05) is 22.4 Å². The van der Waals surface area contributed by atoms with Crippen LogP contribution in [-0.4, -0.2) is 27.1 Å². The van der Waals surface area contributed by atoms with Crippen LogP contribution in [0.4, 0.5) is 15.8 Å². The number of rotatable bonds is 7. The van der Waals surface area contributed by atoms with Crippen LogP contribution in [-0.2, 0) is 14.8 Å². The minimum absolute atomic E-state index is 0.0757. The molecule has 1 amide bonds. The summed E-state index contributed by atoms with van der Waals surface area (Å²) in [7, 11) is -3.48. The van der Waals surface area contributed by atoms with E-state index in [1.165, 1.54) is 16.4 Å². The SMILES string of the molecule is Cc1cc(C)cc(N(CCCC(=O)Nc2ccc(Br)cc2F)S(C)(=O)=O)c1. The molecule has 0 saturated heterocycles. The number of nitrogens with one attached hydrogen (secondary N) is 1. The Kier molecular flexibility index (Phi) is 7.00. The van der Waals surface area contributed by atoms with Gasteiger partial charge in [-0.05, 0) is 61.7 Å². The molecule has 1 N–H and O–H groups in total. The number of carbonyl (C=O) groups is 1. The predicted molar refractivity (Wildman–Crippen MR) is 110 cm³/mol. The molecule has 2 aromatic carbocycles. The van der Waals surface area contributed by atoms with Gasteiger partial charge in [-0.3, -0.25) is 9.10 Å². The molecule has 146 valence electrons. The van der Waals surface area contributed by atoms with Crippen LogP contribution < -0.4 is 9.62 Å². The van der Waals surface area contributed by atoms with Gasteiger partial charge in [0.2, 0.25) is 15.9 Å². The Morgan fingerprint density at radius 2 is 1.78 bits per heavy atom. The van der Waals surface area contributed by atoms with Crippen molar-refractivity contribution in [3.05, 3.63) is 57.8 Å². The third kappa shape index (κ3) is 6.32. The van der Waals surface area contributed by atoms with Gasteiger partial charge in [0.25, 0.3) is 0 Å². The fourth-order valence-electron chi connectivity index (χ4n) is 2.77. The minimum atomic E-state index is -3.48. The first kappa shape index (κ1) is 21.4.